The molecule has 2 aliphatic rings. The van der Waals surface area contributed by atoms with Crippen molar-refractivity contribution in [3.8, 4) is 0 Å². The van der Waals surface area contributed by atoms with Crippen LogP contribution in [-0.2, 0) is 4.79 Å². The van der Waals surface area contributed by atoms with E-state index >= 15 is 0 Å². The summed E-state index contributed by atoms with van der Waals surface area (Å²) in [5.41, 5.74) is 0.925. The zero-order chi connectivity index (χ0) is 14.9. The smallest absolute Gasteiger partial charge is 0.229 e. The van der Waals surface area contributed by atoms with Crippen LogP contribution in [0.4, 0.5) is 0 Å². The van der Waals surface area contributed by atoms with Crippen molar-refractivity contribution in [1.82, 2.24) is 14.8 Å². The van der Waals surface area contributed by atoms with E-state index in [-0.39, 0.29) is 5.41 Å². The Kier molecular flexibility index (Phi) is 3.98. The topological polar surface area (TPSA) is 36.4 Å². The minimum Gasteiger partial charge on any atom is -0.341 e. The van der Waals surface area contributed by atoms with E-state index in [1.54, 1.807) is 0 Å². The van der Waals surface area contributed by atoms with Crippen LogP contribution in [0.15, 0.2) is 24.4 Å². The van der Waals surface area contributed by atoms with Crippen LogP contribution in [0.2, 0.25) is 0 Å². The zero-order valence-electron chi connectivity index (χ0n) is 13.1. The summed E-state index contributed by atoms with van der Waals surface area (Å²) in [4.78, 5) is 21.6. The Morgan fingerprint density at radius 1 is 1.43 bits per heavy atom. The predicted molar refractivity (Wildman–Crippen MR) is 83.0 cm³/mol. The molecular formula is C17H25N3O. The summed E-state index contributed by atoms with van der Waals surface area (Å²) in [6.45, 7) is 9.07. The van der Waals surface area contributed by atoms with Gasteiger partial charge in [-0.15, -0.1) is 0 Å². The van der Waals surface area contributed by atoms with Gasteiger partial charge in [0.1, 0.15) is 0 Å². The number of carbonyl (C=O) groups is 1. The maximum atomic E-state index is 12.8. The van der Waals surface area contributed by atoms with E-state index in [0.29, 0.717) is 11.8 Å². The first-order valence-electron chi connectivity index (χ1n) is 8.05. The molecule has 21 heavy (non-hydrogen) atoms. The van der Waals surface area contributed by atoms with Gasteiger partial charge >= 0.3 is 0 Å². The van der Waals surface area contributed by atoms with Crippen molar-refractivity contribution in [2.45, 2.75) is 32.6 Å². The average Bonchev–Trinajstić information content (AvgIpc) is 2.47. The van der Waals surface area contributed by atoms with Crippen LogP contribution in [0.1, 0.15) is 38.3 Å². The number of piperidine rings is 1. The number of rotatable bonds is 3. The molecule has 2 fully saturated rings. The summed E-state index contributed by atoms with van der Waals surface area (Å²) in [5, 5.41) is 0. The summed E-state index contributed by atoms with van der Waals surface area (Å²) in [6.07, 6.45) is 3.99. The second-order valence-electron chi connectivity index (χ2n) is 6.69. The molecule has 1 unspecified atom stereocenters. The number of carbonyl (C=O) groups excluding carboxylic acids is 1. The number of amides is 1. The van der Waals surface area contributed by atoms with Crippen molar-refractivity contribution in [2.75, 3.05) is 32.7 Å². The Balaban J connectivity index is 1.60. The fourth-order valence-electron chi connectivity index (χ4n) is 3.62. The average molecular weight is 287 g/mol. The summed E-state index contributed by atoms with van der Waals surface area (Å²) in [7, 11) is 0. The minimum atomic E-state index is -0.191. The molecule has 1 amide bonds. The number of aromatic nitrogens is 1. The Labute approximate surface area is 127 Å². The molecule has 0 N–H and O–H groups in total. The summed E-state index contributed by atoms with van der Waals surface area (Å²) in [5.74, 6) is 0.762. The monoisotopic (exact) mass is 287 g/mol. The van der Waals surface area contributed by atoms with Crippen LogP contribution in [0.5, 0.6) is 0 Å². The van der Waals surface area contributed by atoms with Crippen molar-refractivity contribution in [3.05, 3.63) is 30.1 Å². The van der Waals surface area contributed by atoms with E-state index in [1.807, 2.05) is 23.2 Å². The van der Waals surface area contributed by atoms with Crippen LogP contribution in [0.3, 0.4) is 0 Å². The number of hydrogen-bond acceptors (Lipinski definition) is 3. The van der Waals surface area contributed by atoms with Gasteiger partial charge in [0.15, 0.2) is 0 Å². The second-order valence-corrected chi connectivity index (χ2v) is 6.69. The van der Waals surface area contributed by atoms with Gasteiger partial charge in [-0.3, -0.25) is 9.78 Å². The lowest BCUT2D eigenvalue weighted by Crippen LogP contribution is -2.57. The molecule has 4 nitrogen and oxygen atoms in total. The molecule has 114 valence electrons. The fourth-order valence-corrected chi connectivity index (χ4v) is 3.62. The van der Waals surface area contributed by atoms with Crippen molar-refractivity contribution in [2.24, 2.45) is 5.41 Å². The van der Waals surface area contributed by atoms with E-state index in [4.69, 9.17) is 0 Å². The number of pyridine rings is 1. The molecule has 3 heterocycles. The van der Waals surface area contributed by atoms with Gasteiger partial charge in [-0.1, -0.05) is 13.0 Å². The quantitative estimate of drug-likeness (QED) is 0.854. The lowest BCUT2D eigenvalue weighted by Gasteiger charge is -2.46. The van der Waals surface area contributed by atoms with Gasteiger partial charge in [-0.25, -0.2) is 0 Å². The molecule has 3 rings (SSSR count). The first kappa shape index (κ1) is 14.5. The third-order valence-electron chi connectivity index (χ3n) is 5.01. The lowest BCUT2D eigenvalue weighted by atomic mass is 9.79. The van der Waals surface area contributed by atoms with Crippen molar-refractivity contribution in [1.29, 1.82) is 0 Å². The van der Waals surface area contributed by atoms with Crippen LogP contribution >= 0.6 is 0 Å². The van der Waals surface area contributed by atoms with E-state index in [1.165, 1.54) is 0 Å². The third kappa shape index (κ3) is 2.82. The van der Waals surface area contributed by atoms with Crippen LogP contribution in [-0.4, -0.2) is 53.4 Å². The van der Waals surface area contributed by atoms with Crippen molar-refractivity contribution < 1.29 is 4.79 Å². The highest BCUT2D eigenvalue weighted by Gasteiger charge is 2.44. The number of nitrogens with zero attached hydrogens (tertiary/aromatic N) is 3. The maximum absolute atomic E-state index is 12.8. The molecule has 4 heteroatoms. The largest absolute Gasteiger partial charge is 0.341 e. The van der Waals surface area contributed by atoms with E-state index in [9.17, 15) is 4.79 Å². The Morgan fingerprint density at radius 2 is 2.24 bits per heavy atom. The normalized spacial score (nSPS) is 27.4. The fraction of sp³-hybridized carbons (Fsp3) is 0.647. The predicted octanol–water partition coefficient (Wildman–Crippen LogP) is 2.13. The Hall–Kier alpha value is -1.42. The first-order chi connectivity index (χ1) is 10.1. The van der Waals surface area contributed by atoms with Gasteiger partial charge in [-0.05, 0) is 45.0 Å². The molecule has 1 atom stereocenters. The van der Waals surface area contributed by atoms with Crippen LogP contribution < -0.4 is 0 Å². The van der Waals surface area contributed by atoms with Gasteiger partial charge in [0.25, 0.3) is 0 Å². The highest BCUT2D eigenvalue weighted by atomic mass is 16.2. The van der Waals surface area contributed by atoms with Gasteiger partial charge in [0.2, 0.25) is 5.91 Å². The molecule has 1 aromatic rings. The molecule has 0 spiro atoms. The third-order valence-corrected chi connectivity index (χ3v) is 5.01. The molecule has 0 bridgehead atoms. The molecule has 0 saturated carbocycles. The minimum absolute atomic E-state index is 0.191. The van der Waals surface area contributed by atoms with Gasteiger partial charge in [0, 0.05) is 37.4 Å². The number of hydrogen-bond donors (Lipinski definition) is 0. The summed E-state index contributed by atoms with van der Waals surface area (Å²) >= 11 is 0. The van der Waals surface area contributed by atoms with Gasteiger partial charge < -0.3 is 9.80 Å². The molecule has 2 aliphatic heterocycles. The molecule has 1 aromatic heterocycles. The molecule has 0 radical (unpaired) electrons. The highest BCUT2D eigenvalue weighted by Crippen LogP contribution is 2.35. The van der Waals surface area contributed by atoms with Gasteiger partial charge in [-0.2, -0.15) is 0 Å². The SMILES string of the molecule is CCN1CCCC(C)(C(=O)N2CC(c3ccccn3)C2)C1. The Morgan fingerprint density at radius 3 is 2.90 bits per heavy atom. The lowest BCUT2D eigenvalue weighted by molar-refractivity contribution is -0.149. The zero-order valence-corrected chi connectivity index (χ0v) is 13.1. The van der Waals surface area contributed by atoms with Crippen LogP contribution in [0, 0.1) is 5.41 Å². The molecule has 0 aromatic carbocycles. The maximum Gasteiger partial charge on any atom is 0.229 e. The summed E-state index contributed by atoms with van der Waals surface area (Å²) < 4.78 is 0. The van der Waals surface area contributed by atoms with Crippen LogP contribution in [0.25, 0.3) is 0 Å². The molecule has 2 saturated heterocycles. The summed E-state index contributed by atoms with van der Waals surface area (Å²) in [6, 6.07) is 6.02. The van der Waals surface area contributed by atoms with Crippen molar-refractivity contribution in [3.63, 3.8) is 0 Å². The Bertz CT molecular complexity index is 498. The first-order valence-corrected chi connectivity index (χ1v) is 8.05. The number of likely N-dealkylation sites (tertiary alicyclic amines) is 2. The van der Waals surface area contributed by atoms with E-state index < -0.39 is 0 Å². The van der Waals surface area contributed by atoms with E-state index in [0.717, 1.165) is 51.3 Å². The molecular weight excluding hydrogens is 262 g/mol. The second kappa shape index (κ2) is 5.76. The van der Waals surface area contributed by atoms with Gasteiger partial charge in [0.05, 0.1) is 5.41 Å². The standard InChI is InChI=1S/C17H25N3O/c1-3-19-10-6-8-17(2,13-19)16(21)20-11-14(12-20)15-7-4-5-9-18-15/h4-5,7,9,14H,3,6,8,10-13H2,1-2H3. The van der Waals surface area contributed by atoms with E-state index in [2.05, 4.69) is 29.8 Å². The van der Waals surface area contributed by atoms with Crippen molar-refractivity contribution >= 4 is 5.91 Å². The molecule has 0 aliphatic carbocycles. The highest BCUT2D eigenvalue weighted by molar-refractivity contribution is 5.83.